The summed E-state index contributed by atoms with van der Waals surface area (Å²) in [6, 6.07) is 8.68. The topological polar surface area (TPSA) is 51.8 Å². The summed E-state index contributed by atoms with van der Waals surface area (Å²) < 4.78 is 0. The molecule has 0 aliphatic carbocycles. The van der Waals surface area contributed by atoms with Gasteiger partial charge in [-0.1, -0.05) is 58.9 Å². The molecule has 2 N–H and O–H groups in total. The number of benzene rings is 1. The second-order valence-corrected chi connectivity index (χ2v) is 5.21. The molecule has 1 aromatic carbocycles. The van der Waals surface area contributed by atoms with Crippen LogP contribution >= 0.6 is 0 Å². The van der Waals surface area contributed by atoms with Crippen LogP contribution in [0.5, 0.6) is 0 Å². The van der Waals surface area contributed by atoms with Crippen molar-refractivity contribution in [3.8, 4) is 11.1 Å². The van der Waals surface area contributed by atoms with Gasteiger partial charge in [-0.25, -0.2) is 9.97 Å². The molecule has 2 rings (SSSR count). The van der Waals surface area contributed by atoms with Crippen molar-refractivity contribution in [3.05, 3.63) is 42.2 Å². The Balaban J connectivity index is 0.00000106. The average molecular weight is 285 g/mol. The molecule has 1 aromatic heterocycles. The first kappa shape index (κ1) is 17.2. The van der Waals surface area contributed by atoms with E-state index in [1.165, 1.54) is 12.0 Å². The van der Waals surface area contributed by atoms with Crippen LogP contribution in [0.15, 0.2) is 36.7 Å². The molecule has 21 heavy (non-hydrogen) atoms. The van der Waals surface area contributed by atoms with E-state index in [0.29, 0.717) is 17.8 Å². The van der Waals surface area contributed by atoms with E-state index in [1.54, 1.807) is 12.4 Å². The summed E-state index contributed by atoms with van der Waals surface area (Å²) in [4.78, 5) is 8.05. The lowest BCUT2D eigenvalue weighted by molar-refractivity contribution is 0.485. The van der Waals surface area contributed by atoms with Crippen LogP contribution in [0.25, 0.3) is 11.1 Å². The first-order chi connectivity index (χ1) is 10.1. The Morgan fingerprint density at radius 1 is 0.952 bits per heavy atom. The molecule has 2 aromatic rings. The van der Waals surface area contributed by atoms with Crippen LogP contribution in [0, 0.1) is 5.92 Å². The molecule has 1 atom stereocenters. The van der Waals surface area contributed by atoms with E-state index in [9.17, 15) is 0 Å². The van der Waals surface area contributed by atoms with Crippen molar-refractivity contribution < 1.29 is 0 Å². The Morgan fingerprint density at radius 2 is 1.48 bits per heavy atom. The highest BCUT2D eigenvalue weighted by Gasteiger charge is 2.13. The Morgan fingerprint density at radius 3 is 1.90 bits per heavy atom. The van der Waals surface area contributed by atoms with Crippen LogP contribution in [-0.4, -0.2) is 9.97 Å². The Kier molecular flexibility index (Phi) is 6.86. The zero-order chi connectivity index (χ0) is 15.8. The summed E-state index contributed by atoms with van der Waals surface area (Å²) in [7, 11) is 0. The third kappa shape index (κ3) is 4.55. The lowest BCUT2D eigenvalue weighted by atomic mass is 9.86. The fraction of sp³-hybridized carbons (Fsp3) is 0.444. The number of anilines is 1. The summed E-state index contributed by atoms with van der Waals surface area (Å²) in [5, 5.41) is 0. The monoisotopic (exact) mass is 285 g/mol. The average Bonchev–Trinajstić information content (AvgIpc) is 2.51. The first-order valence-electron chi connectivity index (χ1n) is 7.79. The van der Waals surface area contributed by atoms with Gasteiger partial charge in [0, 0.05) is 18.0 Å². The van der Waals surface area contributed by atoms with Gasteiger partial charge in [-0.2, -0.15) is 0 Å². The van der Waals surface area contributed by atoms with Gasteiger partial charge < -0.3 is 5.73 Å². The van der Waals surface area contributed by atoms with E-state index in [-0.39, 0.29) is 0 Å². The smallest absolute Gasteiger partial charge is 0.219 e. The third-order valence-corrected chi connectivity index (χ3v) is 3.59. The van der Waals surface area contributed by atoms with Crippen molar-refractivity contribution in [1.29, 1.82) is 0 Å². The molecule has 1 heterocycles. The second kappa shape index (κ2) is 8.40. The summed E-state index contributed by atoms with van der Waals surface area (Å²) in [6.45, 7) is 10.8. The standard InChI is InChI=1S/C16H21N3.C2H6/c1-4-15(11(2)3)13-7-5-12(6-8-13)14-9-18-16(17)19-10-14;1-2/h5-11,15H,4H2,1-3H3,(H2,17,18,19);1-2H3. The molecule has 0 aliphatic heterocycles. The molecule has 3 nitrogen and oxygen atoms in total. The number of nitrogens with two attached hydrogens (primary N) is 1. The molecule has 0 fully saturated rings. The summed E-state index contributed by atoms with van der Waals surface area (Å²) >= 11 is 0. The highest BCUT2D eigenvalue weighted by molar-refractivity contribution is 5.62. The highest BCUT2D eigenvalue weighted by Crippen LogP contribution is 2.29. The summed E-state index contributed by atoms with van der Waals surface area (Å²) in [5.74, 6) is 1.60. The van der Waals surface area contributed by atoms with E-state index in [1.807, 2.05) is 13.8 Å². The van der Waals surface area contributed by atoms with E-state index < -0.39 is 0 Å². The van der Waals surface area contributed by atoms with Gasteiger partial charge in [0.2, 0.25) is 5.95 Å². The van der Waals surface area contributed by atoms with Crippen molar-refractivity contribution in [3.63, 3.8) is 0 Å². The van der Waals surface area contributed by atoms with E-state index in [0.717, 1.165) is 11.1 Å². The van der Waals surface area contributed by atoms with Gasteiger partial charge in [0.25, 0.3) is 0 Å². The first-order valence-corrected chi connectivity index (χ1v) is 7.79. The second-order valence-electron chi connectivity index (χ2n) is 5.21. The number of nitrogen functional groups attached to an aromatic ring is 1. The zero-order valence-corrected chi connectivity index (χ0v) is 13.8. The van der Waals surface area contributed by atoms with Gasteiger partial charge in [-0.05, 0) is 29.4 Å². The minimum atomic E-state index is 0.311. The number of rotatable bonds is 4. The molecule has 3 heteroatoms. The fourth-order valence-corrected chi connectivity index (χ4v) is 2.50. The minimum Gasteiger partial charge on any atom is -0.368 e. The number of aromatic nitrogens is 2. The highest BCUT2D eigenvalue weighted by atomic mass is 15.0. The van der Waals surface area contributed by atoms with Gasteiger partial charge in [-0.3, -0.25) is 0 Å². The third-order valence-electron chi connectivity index (χ3n) is 3.59. The van der Waals surface area contributed by atoms with Crippen molar-refractivity contribution in [1.82, 2.24) is 9.97 Å². The molecular weight excluding hydrogens is 258 g/mol. The molecule has 0 bridgehead atoms. The van der Waals surface area contributed by atoms with Crippen molar-refractivity contribution >= 4 is 5.95 Å². The Labute approximate surface area is 128 Å². The number of nitrogens with zero attached hydrogens (tertiary/aromatic N) is 2. The lowest BCUT2D eigenvalue weighted by Gasteiger charge is -2.19. The van der Waals surface area contributed by atoms with Gasteiger partial charge in [0.05, 0.1) is 0 Å². The fourth-order valence-electron chi connectivity index (χ4n) is 2.50. The number of hydrogen-bond donors (Lipinski definition) is 1. The maximum absolute atomic E-state index is 5.50. The summed E-state index contributed by atoms with van der Waals surface area (Å²) in [5.41, 5.74) is 9.02. The van der Waals surface area contributed by atoms with Crippen molar-refractivity contribution in [2.24, 2.45) is 5.92 Å². The van der Waals surface area contributed by atoms with Crippen LogP contribution in [0.4, 0.5) is 5.95 Å². The quantitative estimate of drug-likeness (QED) is 0.869. The molecule has 0 aliphatic rings. The molecule has 1 unspecified atom stereocenters. The Bertz CT molecular complexity index is 515. The molecular formula is C18H27N3. The normalized spacial score (nSPS) is 11.7. The van der Waals surface area contributed by atoms with Crippen LogP contribution in [-0.2, 0) is 0 Å². The minimum absolute atomic E-state index is 0.311. The van der Waals surface area contributed by atoms with Crippen molar-refractivity contribution in [2.75, 3.05) is 5.73 Å². The molecule has 114 valence electrons. The largest absolute Gasteiger partial charge is 0.368 e. The van der Waals surface area contributed by atoms with Crippen LogP contribution in [0.1, 0.15) is 52.5 Å². The predicted molar refractivity (Wildman–Crippen MR) is 91.1 cm³/mol. The predicted octanol–water partition coefficient (Wildman–Crippen LogP) is 4.90. The maximum Gasteiger partial charge on any atom is 0.219 e. The molecule has 0 amide bonds. The van der Waals surface area contributed by atoms with E-state index >= 15 is 0 Å². The molecule has 0 spiro atoms. The number of hydrogen-bond acceptors (Lipinski definition) is 3. The van der Waals surface area contributed by atoms with E-state index in [2.05, 4.69) is 55.0 Å². The van der Waals surface area contributed by atoms with Crippen LogP contribution in [0.3, 0.4) is 0 Å². The molecule has 0 saturated heterocycles. The summed E-state index contributed by atoms with van der Waals surface area (Å²) in [6.07, 6.45) is 4.69. The van der Waals surface area contributed by atoms with Gasteiger partial charge >= 0.3 is 0 Å². The van der Waals surface area contributed by atoms with Gasteiger partial charge in [0.15, 0.2) is 0 Å². The van der Waals surface area contributed by atoms with Crippen molar-refractivity contribution in [2.45, 2.75) is 47.0 Å². The maximum atomic E-state index is 5.50. The van der Waals surface area contributed by atoms with Crippen LogP contribution < -0.4 is 5.73 Å². The SMILES string of the molecule is CC.CCC(c1ccc(-c2cnc(N)nc2)cc1)C(C)C. The lowest BCUT2D eigenvalue weighted by Crippen LogP contribution is -2.05. The van der Waals surface area contributed by atoms with Gasteiger partial charge in [0.1, 0.15) is 0 Å². The molecule has 0 saturated carbocycles. The zero-order valence-electron chi connectivity index (χ0n) is 13.8. The van der Waals surface area contributed by atoms with E-state index in [4.69, 9.17) is 5.73 Å². The molecule has 0 radical (unpaired) electrons. The van der Waals surface area contributed by atoms with Gasteiger partial charge in [-0.15, -0.1) is 0 Å². The van der Waals surface area contributed by atoms with Crippen LogP contribution in [0.2, 0.25) is 0 Å². The Hall–Kier alpha value is -1.90.